The minimum absolute atomic E-state index is 0.0925. The van der Waals surface area contributed by atoms with Crippen LogP contribution < -0.4 is 4.74 Å². The fraction of sp³-hybridized carbons (Fsp3) is 0.417. The highest BCUT2D eigenvalue weighted by Crippen LogP contribution is 2.23. The summed E-state index contributed by atoms with van der Waals surface area (Å²) in [5.74, 6) is -1.61. The van der Waals surface area contributed by atoms with Gasteiger partial charge in [0.15, 0.2) is 6.10 Å². The van der Waals surface area contributed by atoms with Crippen LogP contribution in [0.2, 0.25) is 0 Å². The third-order valence-electron chi connectivity index (χ3n) is 2.12. The van der Waals surface area contributed by atoms with E-state index < -0.39 is 24.6 Å². The lowest BCUT2D eigenvalue weighted by Crippen LogP contribution is -2.16. The fourth-order valence-electron chi connectivity index (χ4n) is 1.32. The highest BCUT2D eigenvalue weighted by Gasteiger charge is 2.22. The number of hydrogen-bond donors (Lipinski definition) is 1. The van der Waals surface area contributed by atoms with E-state index in [2.05, 4.69) is 4.74 Å². The zero-order valence-corrected chi connectivity index (χ0v) is 9.86. The van der Waals surface area contributed by atoms with Gasteiger partial charge in [-0.3, -0.25) is 0 Å². The van der Waals surface area contributed by atoms with Crippen LogP contribution in [0.25, 0.3) is 0 Å². The van der Waals surface area contributed by atoms with E-state index in [1.807, 2.05) is 0 Å². The van der Waals surface area contributed by atoms with E-state index in [1.54, 1.807) is 6.92 Å². The number of aliphatic hydroxyl groups is 1. The largest absolute Gasteiger partial charge is 0.491 e. The first-order chi connectivity index (χ1) is 8.60. The number of carbonyl (C=O) groups is 1. The molecule has 100 valence electrons. The highest BCUT2D eigenvalue weighted by molar-refractivity contribution is 5.76. The van der Waals surface area contributed by atoms with Crippen molar-refractivity contribution in [2.24, 2.45) is 0 Å². The fourth-order valence-corrected chi connectivity index (χ4v) is 1.32. The lowest BCUT2D eigenvalue weighted by molar-refractivity contribution is -0.153. The van der Waals surface area contributed by atoms with Crippen molar-refractivity contribution in [3.63, 3.8) is 0 Å². The summed E-state index contributed by atoms with van der Waals surface area (Å²) < 4.78 is 34.9. The van der Waals surface area contributed by atoms with Gasteiger partial charge in [0.05, 0.1) is 6.61 Å². The van der Waals surface area contributed by atoms with Gasteiger partial charge in [-0.2, -0.15) is 0 Å². The maximum atomic E-state index is 13.6. The van der Waals surface area contributed by atoms with Crippen LogP contribution in [0.1, 0.15) is 18.6 Å². The molecule has 4 nitrogen and oxygen atoms in total. The van der Waals surface area contributed by atoms with Gasteiger partial charge in [-0.25, -0.2) is 13.6 Å². The molecular weight excluding hydrogens is 246 g/mol. The van der Waals surface area contributed by atoms with E-state index in [1.165, 1.54) is 12.1 Å². The molecule has 1 aromatic carbocycles. The van der Waals surface area contributed by atoms with Gasteiger partial charge in [0.25, 0.3) is 0 Å². The monoisotopic (exact) mass is 260 g/mol. The molecule has 0 amide bonds. The lowest BCUT2D eigenvalue weighted by atomic mass is 10.1. The molecule has 1 N–H and O–H groups in total. The predicted octanol–water partition coefficient (Wildman–Crippen LogP) is 1.77. The van der Waals surface area contributed by atoms with E-state index >= 15 is 0 Å². The molecule has 0 saturated heterocycles. The van der Waals surface area contributed by atoms with Crippen molar-refractivity contribution in [1.82, 2.24) is 0 Å². The second kappa shape index (κ2) is 6.90. The first-order valence-corrected chi connectivity index (χ1v) is 5.43. The number of carbonyl (C=O) groups excluding carboxylic acids is 1. The first kappa shape index (κ1) is 14.4. The number of esters is 1. The number of aliphatic hydroxyl groups excluding tert-OH is 1. The van der Waals surface area contributed by atoms with Gasteiger partial charge in [0, 0.05) is 11.6 Å². The molecule has 0 bridgehead atoms. The summed E-state index contributed by atoms with van der Waals surface area (Å²) in [5, 5.41) is 9.55. The number of halogens is 2. The maximum absolute atomic E-state index is 13.6. The van der Waals surface area contributed by atoms with E-state index in [4.69, 9.17) is 4.74 Å². The van der Waals surface area contributed by atoms with Crippen LogP contribution in [-0.2, 0) is 9.53 Å². The van der Waals surface area contributed by atoms with Crippen LogP contribution in [0, 0.1) is 5.82 Å². The van der Waals surface area contributed by atoms with Gasteiger partial charge >= 0.3 is 5.97 Å². The minimum atomic E-state index is -1.68. The van der Waals surface area contributed by atoms with Crippen LogP contribution in [0.3, 0.4) is 0 Å². The molecule has 0 heterocycles. The van der Waals surface area contributed by atoms with Gasteiger partial charge in [0.2, 0.25) is 0 Å². The van der Waals surface area contributed by atoms with Crippen molar-refractivity contribution in [2.45, 2.75) is 13.0 Å². The molecule has 18 heavy (non-hydrogen) atoms. The Labute approximate surface area is 103 Å². The summed E-state index contributed by atoms with van der Waals surface area (Å²) in [7, 11) is 0. The number of hydrogen-bond acceptors (Lipinski definition) is 4. The van der Waals surface area contributed by atoms with Crippen molar-refractivity contribution in [1.29, 1.82) is 0 Å². The Balaban J connectivity index is 2.81. The van der Waals surface area contributed by atoms with Crippen LogP contribution >= 0.6 is 0 Å². The summed E-state index contributed by atoms with van der Waals surface area (Å²) in [6.07, 6.45) is -1.68. The molecule has 0 radical (unpaired) electrons. The Hall–Kier alpha value is -1.69. The molecule has 0 aromatic heterocycles. The summed E-state index contributed by atoms with van der Waals surface area (Å²) in [6.45, 7) is 0.804. The van der Waals surface area contributed by atoms with Gasteiger partial charge in [-0.05, 0) is 19.1 Å². The van der Waals surface area contributed by atoms with Crippen molar-refractivity contribution in [3.8, 4) is 5.75 Å². The number of benzene rings is 1. The molecule has 1 unspecified atom stereocenters. The maximum Gasteiger partial charge on any atom is 0.339 e. The number of alkyl halides is 1. The van der Waals surface area contributed by atoms with Crippen molar-refractivity contribution >= 4 is 5.97 Å². The second-order valence-corrected chi connectivity index (χ2v) is 3.38. The quantitative estimate of drug-likeness (QED) is 0.792. The van der Waals surface area contributed by atoms with Crippen LogP contribution in [-0.4, -0.2) is 31.0 Å². The van der Waals surface area contributed by atoms with Crippen molar-refractivity contribution in [3.05, 3.63) is 29.6 Å². The molecule has 0 spiro atoms. The SMILES string of the molecule is CCOC(=O)C(O)c1ccc(OCCF)cc1F. The molecule has 1 aromatic rings. The summed E-state index contributed by atoms with van der Waals surface area (Å²) >= 11 is 0. The van der Waals surface area contributed by atoms with E-state index in [0.29, 0.717) is 0 Å². The number of rotatable bonds is 6. The van der Waals surface area contributed by atoms with Gasteiger partial charge in [-0.15, -0.1) is 0 Å². The van der Waals surface area contributed by atoms with Gasteiger partial charge < -0.3 is 14.6 Å². The first-order valence-electron chi connectivity index (χ1n) is 5.43. The minimum Gasteiger partial charge on any atom is -0.491 e. The van der Waals surface area contributed by atoms with Crippen LogP contribution in [0.15, 0.2) is 18.2 Å². The van der Waals surface area contributed by atoms with E-state index in [-0.39, 0.29) is 24.5 Å². The third-order valence-corrected chi connectivity index (χ3v) is 2.12. The Bertz CT molecular complexity index is 409. The van der Waals surface area contributed by atoms with Gasteiger partial charge in [0.1, 0.15) is 24.8 Å². The summed E-state index contributed by atoms with van der Waals surface area (Å²) in [5.41, 5.74) is -0.207. The van der Waals surface area contributed by atoms with E-state index in [9.17, 15) is 18.7 Å². The van der Waals surface area contributed by atoms with Crippen molar-refractivity contribution in [2.75, 3.05) is 19.9 Å². The Morgan fingerprint density at radius 3 is 2.78 bits per heavy atom. The van der Waals surface area contributed by atoms with Crippen LogP contribution in [0.4, 0.5) is 8.78 Å². The second-order valence-electron chi connectivity index (χ2n) is 3.38. The average Bonchev–Trinajstić information content (AvgIpc) is 2.36. The van der Waals surface area contributed by atoms with E-state index in [0.717, 1.165) is 6.07 Å². The average molecular weight is 260 g/mol. The molecule has 0 aliphatic carbocycles. The molecule has 6 heteroatoms. The summed E-state index contributed by atoms with van der Waals surface area (Å²) in [6, 6.07) is 3.52. The summed E-state index contributed by atoms with van der Waals surface area (Å²) in [4.78, 5) is 11.2. The smallest absolute Gasteiger partial charge is 0.339 e. The molecule has 0 saturated carbocycles. The Kier molecular flexibility index (Phi) is 5.51. The molecular formula is C12H14F2O4. The van der Waals surface area contributed by atoms with Crippen LogP contribution in [0.5, 0.6) is 5.75 Å². The Morgan fingerprint density at radius 2 is 2.22 bits per heavy atom. The lowest BCUT2D eigenvalue weighted by Gasteiger charge is -2.12. The molecule has 1 rings (SSSR count). The van der Waals surface area contributed by atoms with Crippen molar-refractivity contribution < 1.29 is 28.2 Å². The normalized spacial score (nSPS) is 12.0. The zero-order valence-electron chi connectivity index (χ0n) is 9.86. The molecule has 0 aliphatic heterocycles. The number of ether oxygens (including phenoxy) is 2. The standard InChI is InChI=1S/C12H14F2O4/c1-2-17-12(16)11(15)9-4-3-8(7-10(9)14)18-6-5-13/h3-4,7,11,15H,2,5-6H2,1H3. The Morgan fingerprint density at radius 1 is 1.50 bits per heavy atom. The highest BCUT2D eigenvalue weighted by atomic mass is 19.1. The zero-order chi connectivity index (χ0) is 13.5. The van der Waals surface area contributed by atoms with Gasteiger partial charge in [-0.1, -0.05) is 0 Å². The molecule has 1 atom stereocenters. The molecule has 0 fully saturated rings. The molecule has 0 aliphatic rings. The predicted molar refractivity (Wildman–Crippen MR) is 59.5 cm³/mol. The third kappa shape index (κ3) is 3.66. The topological polar surface area (TPSA) is 55.8 Å².